The van der Waals surface area contributed by atoms with Gasteiger partial charge in [0, 0.05) is 12.6 Å². The second kappa shape index (κ2) is 8.25. The predicted octanol–water partition coefficient (Wildman–Crippen LogP) is 4.49. The standard InChI is InChI=1S/C17H26BrFN2/c1-2-4-13-5-3-9-21(10-8-13)17(12-20)14-6-7-16(19)15(18)11-14/h6-7,11,13,17H,2-5,8-10,12,20H2,1H3. The fraction of sp³-hybridized carbons (Fsp3) is 0.647. The third-order valence-corrected chi connectivity index (χ3v) is 5.18. The van der Waals surface area contributed by atoms with Crippen molar-refractivity contribution < 1.29 is 4.39 Å². The van der Waals surface area contributed by atoms with Crippen LogP contribution in [0.1, 0.15) is 50.6 Å². The Kier molecular flexibility index (Phi) is 6.65. The third kappa shape index (κ3) is 4.51. The topological polar surface area (TPSA) is 29.3 Å². The highest BCUT2D eigenvalue weighted by atomic mass is 79.9. The zero-order valence-corrected chi connectivity index (χ0v) is 14.4. The average molecular weight is 357 g/mol. The van der Waals surface area contributed by atoms with E-state index in [0.29, 0.717) is 11.0 Å². The summed E-state index contributed by atoms with van der Waals surface area (Å²) in [6.07, 6.45) is 6.43. The minimum Gasteiger partial charge on any atom is -0.329 e. The minimum atomic E-state index is -0.214. The summed E-state index contributed by atoms with van der Waals surface area (Å²) in [5.74, 6) is 0.645. The number of nitrogens with two attached hydrogens (primary N) is 1. The van der Waals surface area contributed by atoms with Crippen LogP contribution >= 0.6 is 15.9 Å². The highest BCUT2D eigenvalue weighted by molar-refractivity contribution is 9.10. The summed E-state index contributed by atoms with van der Waals surface area (Å²) >= 11 is 3.28. The number of likely N-dealkylation sites (tertiary alicyclic amines) is 1. The van der Waals surface area contributed by atoms with Crippen LogP contribution in [0.3, 0.4) is 0 Å². The van der Waals surface area contributed by atoms with Crippen LogP contribution in [0.15, 0.2) is 22.7 Å². The van der Waals surface area contributed by atoms with Crippen molar-refractivity contribution in [1.82, 2.24) is 4.90 Å². The first-order valence-corrected chi connectivity index (χ1v) is 8.84. The van der Waals surface area contributed by atoms with Gasteiger partial charge in [0.1, 0.15) is 5.82 Å². The van der Waals surface area contributed by atoms with Gasteiger partial charge < -0.3 is 5.73 Å². The zero-order chi connectivity index (χ0) is 15.2. The lowest BCUT2D eigenvalue weighted by atomic mass is 9.96. The van der Waals surface area contributed by atoms with E-state index in [0.717, 1.165) is 24.6 Å². The molecule has 1 aromatic rings. The van der Waals surface area contributed by atoms with Crippen molar-refractivity contribution in [2.24, 2.45) is 11.7 Å². The van der Waals surface area contributed by atoms with Gasteiger partial charge in [-0.1, -0.05) is 25.8 Å². The number of benzene rings is 1. The summed E-state index contributed by atoms with van der Waals surface area (Å²) in [5.41, 5.74) is 7.13. The van der Waals surface area contributed by atoms with E-state index in [-0.39, 0.29) is 11.9 Å². The van der Waals surface area contributed by atoms with E-state index in [9.17, 15) is 4.39 Å². The third-order valence-electron chi connectivity index (χ3n) is 4.57. The molecule has 0 bridgehead atoms. The largest absolute Gasteiger partial charge is 0.329 e. The molecule has 2 atom stereocenters. The van der Waals surface area contributed by atoms with Gasteiger partial charge in [-0.2, -0.15) is 0 Å². The summed E-state index contributed by atoms with van der Waals surface area (Å²) in [4.78, 5) is 2.48. The van der Waals surface area contributed by atoms with Crippen LogP contribution in [0.4, 0.5) is 4.39 Å². The van der Waals surface area contributed by atoms with Crippen LogP contribution in [0.25, 0.3) is 0 Å². The Hall–Kier alpha value is -0.450. The molecule has 1 aliphatic heterocycles. The molecule has 0 saturated carbocycles. The molecule has 1 aromatic carbocycles. The van der Waals surface area contributed by atoms with Crippen molar-refractivity contribution in [3.05, 3.63) is 34.1 Å². The second-order valence-electron chi connectivity index (χ2n) is 6.05. The fourth-order valence-electron chi connectivity index (χ4n) is 3.41. The number of rotatable bonds is 5. The molecule has 2 rings (SSSR count). The molecule has 0 radical (unpaired) electrons. The Balaban J connectivity index is 2.08. The molecule has 21 heavy (non-hydrogen) atoms. The van der Waals surface area contributed by atoms with E-state index in [1.807, 2.05) is 12.1 Å². The molecule has 1 fully saturated rings. The molecule has 118 valence electrons. The van der Waals surface area contributed by atoms with Crippen molar-refractivity contribution in [2.45, 2.75) is 45.1 Å². The van der Waals surface area contributed by atoms with Crippen LogP contribution in [-0.2, 0) is 0 Å². The number of nitrogens with zero attached hydrogens (tertiary/aromatic N) is 1. The molecule has 2 nitrogen and oxygen atoms in total. The molecule has 0 spiro atoms. The maximum atomic E-state index is 13.4. The Labute approximate surface area is 136 Å². The second-order valence-corrected chi connectivity index (χ2v) is 6.90. The maximum absolute atomic E-state index is 13.4. The van der Waals surface area contributed by atoms with Gasteiger partial charge in [0.2, 0.25) is 0 Å². The van der Waals surface area contributed by atoms with Crippen molar-refractivity contribution in [2.75, 3.05) is 19.6 Å². The van der Waals surface area contributed by atoms with Gasteiger partial charge in [-0.05, 0) is 71.9 Å². The highest BCUT2D eigenvalue weighted by Gasteiger charge is 2.23. The normalized spacial score (nSPS) is 22.0. The van der Waals surface area contributed by atoms with Crippen LogP contribution in [0.5, 0.6) is 0 Å². The molecular weight excluding hydrogens is 331 g/mol. The molecule has 4 heteroatoms. The minimum absolute atomic E-state index is 0.197. The van der Waals surface area contributed by atoms with Crippen molar-refractivity contribution in [3.8, 4) is 0 Å². The van der Waals surface area contributed by atoms with E-state index in [2.05, 4.69) is 27.8 Å². The summed E-state index contributed by atoms with van der Waals surface area (Å²) in [6.45, 7) is 5.04. The zero-order valence-electron chi connectivity index (χ0n) is 12.8. The van der Waals surface area contributed by atoms with Crippen LogP contribution in [-0.4, -0.2) is 24.5 Å². The SMILES string of the molecule is CCCC1CCCN(C(CN)c2ccc(F)c(Br)c2)CC1. The van der Waals surface area contributed by atoms with Crippen molar-refractivity contribution in [1.29, 1.82) is 0 Å². The predicted molar refractivity (Wildman–Crippen MR) is 89.7 cm³/mol. The molecule has 1 heterocycles. The first-order valence-electron chi connectivity index (χ1n) is 8.04. The molecule has 2 N–H and O–H groups in total. The molecule has 0 aromatic heterocycles. The molecule has 0 amide bonds. The fourth-order valence-corrected chi connectivity index (χ4v) is 3.81. The Bertz CT molecular complexity index is 452. The highest BCUT2D eigenvalue weighted by Crippen LogP contribution is 2.29. The summed E-state index contributed by atoms with van der Waals surface area (Å²) in [7, 11) is 0. The average Bonchev–Trinajstić information content (AvgIpc) is 2.70. The Morgan fingerprint density at radius 3 is 2.86 bits per heavy atom. The Morgan fingerprint density at radius 1 is 1.38 bits per heavy atom. The first-order chi connectivity index (χ1) is 10.2. The monoisotopic (exact) mass is 356 g/mol. The lowest BCUT2D eigenvalue weighted by Gasteiger charge is -2.30. The van der Waals surface area contributed by atoms with E-state index in [1.54, 1.807) is 0 Å². The molecule has 1 aliphatic rings. The van der Waals surface area contributed by atoms with E-state index < -0.39 is 0 Å². The first kappa shape index (κ1) is 16.9. The van der Waals surface area contributed by atoms with E-state index >= 15 is 0 Å². The summed E-state index contributed by atoms with van der Waals surface area (Å²) in [5, 5.41) is 0. The van der Waals surface area contributed by atoms with Gasteiger partial charge in [-0.3, -0.25) is 4.90 Å². The summed E-state index contributed by atoms with van der Waals surface area (Å²) in [6, 6.07) is 5.47. The quantitative estimate of drug-likeness (QED) is 0.841. The van der Waals surface area contributed by atoms with Gasteiger partial charge in [0.15, 0.2) is 0 Å². The number of hydrogen-bond acceptors (Lipinski definition) is 2. The van der Waals surface area contributed by atoms with Gasteiger partial charge >= 0.3 is 0 Å². The molecule has 0 aliphatic carbocycles. The van der Waals surface area contributed by atoms with Crippen LogP contribution in [0.2, 0.25) is 0 Å². The molecular formula is C17H26BrFN2. The van der Waals surface area contributed by atoms with Gasteiger partial charge in [-0.15, -0.1) is 0 Å². The van der Waals surface area contributed by atoms with Gasteiger partial charge in [0.05, 0.1) is 4.47 Å². The maximum Gasteiger partial charge on any atom is 0.137 e. The van der Waals surface area contributed by atoms with E-state index in [1.165, 1.54) is 38.2 Å². The van der Waals surface area contributed by atoms with Gasteiger partial charge in [0.25, 0.3) is 0 Å². The lowest BCUT2D eigenvalue weighted by molar-refractivity contribution is 0.206. The van der Waals surface area contributed by atoms with Gasteiger partial charge in [-0.25, -0.2) is 4.39 Å². The number of hydrogen-bond donors (Lipinski definition) is 1. The van der Waals surface area contributed by atoms with Crippen molar-refractivity contribution in [3.63, 3.8) is 0 Å². The van der Waals surface area contributed by atoms with Crippen molar-refractivity contribution >= 4 is 15.9 Å². The number of halogens is 2. The smallest absolute Gasteiger partial charge is 0.137 e. The Morgan fingerprint density at radius 2 is 2.19 bits per heavy atom. The van der Waals surface area contributed by atoms with Crippen LogP contribution < -0.4 is 5.73 Å². The molecule has 2 unspecified atom stereocenters. The van der Waals surface area contributed by atoms with Crippen LogP contribution in [0, 0.1) is 11.7 Å². The lowest BCUT2D eigenvalue weighted by Crippen LogP contribution is -2.34. The summed E-state index contributed by atoms with van der Waals surface area (Å²) < 4.78 is 13.9. The molecule has 1 saturated heterocycles. The van der Waals surface area contributed by atoms with E-state index in [4.69, 9.17) is 5.73 Å².